The van der Waals surface area contributed by atoms with Crippen LogP contribution in [-0.2, 0) is 11.0 Å². The van der Waals surface area contributed by atoms with Crippen LogP contribution in [0.2, 0.25) is 18.1 Å². The maximum absolute atomic E-state index is 13.4. The fraction of sp³-hybridized carbons (Fsp3) is 0.391. The Morgan fingerprint density at radius 3 is 2.57 bits per heavy atom. The predicted molar refractivity (Wildman–Crippen MR) is 121 cm³/mol. The van der Waals surface area contributed by atoms with Crippen molar-refractivity contribution in [2.75, 3.05) is 12.0 Å². The lowest BCUT2D eigenvalue weighted by Crippen LogP contribution is -2.41. The molecule has 1 amide bonds. The summed E-state index contributed by atoms with van der Waals surface area (Å²) in [6, 6.07) is 11.3. The van der Waals surface area contributed by atoms with E-state index in [1.807, 2.05) is 29.3 Å². The minimum Gasteiger partial charge on any atom is -0.493 e. The van der Waals surface area contributed by atoms with Gasteiger partial charge in [0.15, 0.2) is 5.75 Å². The van der Waals surface area contributed by atoms with E-state index in [2.05, 4.69) is 44.9 Å². The third-order valence-corrected chi connectivity index (χ3v) is 10.4. The molecule has 158 valence electrons. The maximum Gasteiger partial charge on any atom is 0.261 e. The van der Waals surface area contributed by atoms with Crippen LogP contribution < -0.4 is 14.5 Å². The second kappa shape index (κ2) is 7.25. The van der Waals surface area contributed by atoms with Crippen molar-refractivity contribution in [2.24, 2.45) is 4.99 Å². The van der Waals surface area contributed by atoms with Gasteiger partial charge in [0.05, 0.1) is 24.4 Å². The van der Waals surface area contributed by atoms with Crippen molar-refractivity contribution in [3.63, 3.8) is 0 Å². The summed E-state index contributed by atoms with van der Waals surface area (Å²) < 4.78 is 11.4. The molecule has 0 spiro atoms. The SMILES string of the molecule is COc1cc2c(cc1OO[Si](C)(C)C(C)(C)C)N=C[C@@H]1Cc3ccccc3N1C2=O. The minimum absolute atomic E-state index is 0.00183. The number of benzene rings is 2. The van der Waals surface area contributed by atoms with Gasteiger partial charge in [0.25, 0.3) is 14.2 Å². The number of carbonyl (C=O) groups excluding carboxylic acids is 1. The standard InChI is InChI=1S/C23H28N2O4Si/c1-23(2,3)30(5,6)29-28-21-13-18-17(12-20(21)27-4)22(26)25-16(14-24-18)11-15-9-7-8-10-19(15)25/h7-10,12-14,16H,11H2,1-6H3/t16-/m0/s1. The number of para-hydroxylation sites is 1. The molecule has 2 aliphatic heterocycles. The summed E-state index contributed by atoms with van der Waals surface area (Å²) in [5.74, 6) is 0.781. The van der Waals surface area contributed by atoms with Crippen LogP contribution in [0.15, 0.2) is 41.4 Å². The van der Waals surface area contributed by atoms with Crippen molar-refractivity contribution in [1.29, 1.82) is 0 Å². The van der Waals surface area contributed by atoms with Crippen molar-refractivity contribution < 1.29 is 19.0 Å². The molecule has 0 unspecified atom stereocenters. The molecule has 2 aromatic carbocycles. The Morgan fingerprint density at radius 2 is 1.87 bits per heavy atom. The van der Waals surface area contributed by atoms with Crippen molar-refractivity contribution in [3.8, 4) is 11.5 Å². The summed E-state index contributed by atoms with van der Waals surface area (Å²) in [4.78, 5) is 25.6. The van der Waals surface area contributed by atoms with Crippen LogP contribution in [0.25, 0.3) is 0 Å². The quantitative estimate of drug-likeness (QED) is 0.380. The Balaban J connectivity index is 1.69. The number of amides is 1. The van der Waals surface area contributed by atoms with Crippen LogP contribution in [0.5, 0.6) is 11.5 Å². The molecule has 0 radical (unpaired) electrons. The molecule has 2 heterocycles. The van der Waals surface area contributed by atoms with Crippen LogP contribution in [0.4, 0.5) is 11.4 Å². The maximum atomic E-state index is 13.4. The topological polar surface area (TPSA) is 60.4 Å². The van der Waals surface area contributed by atoms with Gasteiger partial charge in [0, 0.05) is 24.4 Å². The first kappa shape index (κ1) is 20.6. The van der Waals surface area contributed by atoms with Gasteiger partial charge in [0.1, 0.15) is 0 Å². The molecule has 0 fully saturated rings. The van der Waals surface area contributed by atoms with Crippen molar-refractivity contribution in [3.05, 3.63) is 47.5 Å². The number of aliphatic imine (C=N–C) groups is 1. The molecule has 2 aliphatic rings. The van der Waals surface area contributed by atoms with E-state index in [0.717, 1.165) is 17.7 Å². The number of fused-ring (bicyclic) bond motifs is 4. The number of methoxy groups -OCH3 is 1. The summed E-state index contributed by atoms with van der Waals surface area (Å²) in [7, 11) is -0.577. The van der Waals surface area contributed by atoms with Crippen molar-refractivity contribution in [1.82, 2.24) is 0 Å². The van der Waals surface area contributed by atoms with Gasteiger partial charge in [-0.3, -0.25) is 14.7 Å². The van der Waals surface area contributed by atoms with E-state index in [9.17, 15) is 4.79 Å². The Hall–Kier alpha value is -2.64. The lowest BCUT2D eigenvalue weighted by atomic mass is 10.1. The zero-order chi connectivity index (χ0) is 21.7. The van der Waals surface area contributed by atoms with Gasteiger partial charge in [-0.1, -0.05) is 39.0 Å². The lowest BCUT2D eigenvalue weighted by Gasteiger charge is -2.34. The number of carbonyl (C=O) groups is 1. The second-order valence-corrected chi connectivity index (χ2v) is 14.0. The van der Waals surface area contributed by atoms with Gasteiger partial charge in [-0.2, -0.15) is 0 Å². The Labute approximate surface area is 178 Å². The zero-order valence-corrected chi connectivity index (χ0v) is 19.4. The molecule has 4 rings (SSSR count). The van der Waals surface area contributed by atoms with E-state index in [-0.39, 0.29) is 17.0 Å². The third kappa shape index (κ3) is 3.42. The van der Waals surface area contributed by atoms with E-state index in [1.54, 1.807) is 19.2 Å². The molecule has 6 nitrogen and oxygen atoms in total. The van der Waals surface area contributed by atoms with Gasteiger partial charge in [-0.05, 0) is 35.8 Å². The Bertz CT molecular complexity index is 1030. The van der Waals surface area contributed by atoms with E-state index in [0.29, 0.717) is 22.7 Å². The average Bonchev–Trinajstić information content (AvgIpc) is 3.01. The Morgan fingerprint density at radius 1 is 1.13 bits per heavy atom. The summed E-state index contributed by atoms with van der Waals surface area (Å²) in [6.45, 7) is 10.6. The first-order valence-corrected chi connectivity index (χ1v) is 13.1. The summed E-state index contributed by atoms with van der Waals surface area (Å²) in [6.07, 6.45) is 2.60. The molecule has 2 aromatic rings. The van der Waals surface area contributed by atoms with Crippen LogP contribution in [0.1, 0.15) is 36.7 Å². The molecule has 7 heteroatoms. The molecule has 0 saturated heterocycles. The molecule has 30 heavy (non-hydrogen) atoms. The second-order valence-electron chi connectivity index (χ2n) is 9.30. The van der Waals surface area contributed by atoms with Gasteiger partial charge < -0.3 is 9.62 Å². The summed E-state index contributed by atoms with van der Waals surface area (Å²) >= 11 is 0. The van der Waals surface area contributed by atoms with E-state index < -0.39 is 8.32 Å². The van der Waals surface area contributed by atoms with Crippen molar-refractivity contribution in [2.45, 2.75) is 51.4 Å². The monoisotopic (exact) mass is 424 g/mol. The van der Waals surface area contributed by atoms with Gasteiger partial charge >= 0.3 is 0 Å². The molecular formula is C23H28N2O4Si. The molecule has 0 aromatic heterocycles. The molecular weight excluding hydrogens is 396 g/mol. The summed E-state index contributed by atoms with van der Waals surface area (Å²) in [5.41, 5.74) is 3.14. The van der Waals surface area contributed by atoms with E-state index in [4.69, 9.17) is 14.2 Å². The molecule has 1 atom stereocenters. The normalized spacial score (nSPS) is 17.9. The highest BCUT2D eigenvalue weighted by Gasteiger charge is 2.40. The number of ether oxygens (including phenoxy) is 1. The molecule has 0 bridgehead atoms. The van der Waals surface area contributed by atoms with E-state index in [1.165, 1.54) is 0 Å². The molecule has 0 aliphatic carbocycles. The Kier molecular flexibility index (Phi) is 4.98. The molecule has 0 N–H and O–H groups in total. The van der Waals surface area contributed by atoms with Gasteiger partial charge in [-0.25, -0.2) is 4.58 Å². The van der Waals surface area contributed by atoms with Crippen molar-refractivity contribution >= 4 is 31.8 Å². The average molecular weight is 425 g/mol. The summed E-state index contributed by atoms with van der Waals surface area (Å²) in [5, 5.41) is -0.00183. The zero-order valence-electron chi connectivity index (χ0n) is 18.4. The number of rotatable bonds is 4. The number of hydrogen-bond donors (Lipinski definition) is 0. The third-order valence-electron chi connectivity index (χ3n) is 6.27. The lowest BCUT2D eigenvalue weighted by molar-refractivity contribution is -0.118. The minimum atomic E-state index is -2.13. The van der Waals surface area contributed by atoms with Gasteiger partial charge in [-0.15, -0.1) is 0 Å². The highest BCUT2D eigenvalue weighted by Crippen LogP contribution is 2.42. The largest absolute Gasteiger partial charge is 0.493 e. The first-order chi connectivity index (χ1) is 14.1. The van der Waals surface area contributed by atoms with Gasteiger partial charge in [0.2, 0.25) is 5.75 Å². The highest BCUT2D eigenvalue weighted by atomic mass is 28.4. The van der Waals surface area contributed by atoms with Crippen LogP contribution in [-0.4, -0.2) is 33.6 Å². The van der Waals surface area contributed by atoms with E-state index >= 15 is 0 Å². The van der Waals surface area contributed by atoms with Crippen LogP contribution >= 0.6 is 0 Å². The number of anilines is 1. The van der Waals surface area contributed by atoms with Crippen LogP contribution in [0, 0.1) is 0 Å². The number of hydrogen-bond acceptors (Lipinski definition) is 5. The number of nitrogens with zero attached hydrogens (tertiary/aromatic N) is 2. The fourth-order valence-corrected chi connectivity index (χ4v) is 3.96. The smallest absolute Gasteiger partial charge is 0.261 e. The first-order valence-electron chi connectivity index (χ1n) is 10.2. The molecule has 0 saturated carbocycles. The predicted octanol–water partition coefficient (Wildman–Crippen LogP) is 5.30. The highest BCUT2D eigenvalue weighted by molar-refractivity contribution is 6.73. The van der Waals surface area contributed by atoms with Crippen LogP contribution in [0.3, 0.4) is 0 Å². The fourth-order valence-electron chi connectivity index (χ4n) is 3.42.